The van der Waals surface area contributed by atoms with Crippen LogP contribution in [-0.2, 0) is 4.74 Å². The van der Waals surface area contributed by atoms with Crippen molar-refractivity contribution in [3.63, 3.8) is 0 Å². The molecule has 1 rings (SSSR count). The third-order valence-corrected chi connectivity index (χ3v) is 2.17. The normalized spacial score (nSPS) is 21.0. The fraction of sp³-hybridized carbons (Fsp3) is 0.889. The zero-order valence-corrected chi connectivity index (χ0v) is 7.60. The summed E-state index contributed by atoms with van der Waals surface area (Å²) in [5.41, 5.74) is 0. The summed E-state index contributed by atoms with van der Waals surface area (Å²) < 4.78 is 5.56. The Bertz CT molecular complexity index is 95.7. The average Bonchev–Trinajstić information content (AvgIpc) is 2.09. The van der Waals surface area contributed by atoms with E-state index in [1.807, 2.05) is 0 Å². The average molecular weight is 156 g/mol. The van der Waals surface area contributed by atoms with E-state index < -0.39 is 0 Å². The lowest BCUT2D eigenvalue weighted by Gasteiger charge is -2.30. The molecule has 1 heterocycles. The fourth-order valence-corrected chi connectivity index (χ4v) is 1.47. The predicted octanol–water partition coefficient (Wildman–Crippen LogP) is 2.02. The van der Waals surface area contributed by atoms with Crippen LogP contribution in [0.25, 0.3) is 0 Å². The molecule has 2 heteroatoms. The Kier molecular flexibility index (Phi) is 3.87. The zero-order valence-electron chi connectivity index (χ0n) is 7.60. The largest absolute Gasteiger partial charge is 0.356 e. The minimum absolute atomic E-state index is 0.922. The van der Waals surface area contributed by atoms with Gasteiger partial charge in [0.2, 0.25) is 0 Å². The third-order valence-electron chi connectivity index (χ3n) is 2.17. The summed E-state index contributed by atoms with van der Waals surface area (Å²) in [5, 5.41) is 0. The van der Waals surface area contributed by atoms with Crippen molar-refractivity contribution in [3.05, 3.63) is 6.23 Å². The van der Waals surface area contributed by atoms with Crippen LogP contribution in [0.3, 0.4) is 0 Å². The van der Waals surface area contributed by atoms with Crippen molar-refractivity contribution in [2.75, 3.05) is 19.7 Å². The van der Waals surface area contributed by atoms with Gasteiger partial charge in [0.25, 0.3) is 0 Å². The second-order valence-electron chi connectivity index (χ2n) is 2.87. The Labute approximate surface area is 69.5 Å². The van der Waals surface area contributed by atoms with Crippen molar-refractivity contribution in [3.8, 4) is 0 Å². The lowest BCUT2D eigenvalue weighted by Crippen LogP contribution is -2.32. The van der Waals surface area contributed by atoms with Crippen LogP contribution >= 0.6 is 0 Å². The lowest BCUT2D eigenvalue weighted by atomic mass is 10.1. The second kappa shape index (κ2) is 4.73. The number of hydrogen-bond acceptors (Lipinski definition) is 2. The Morgan fingerprint density at radius 2 is 2.00 bits per heavy atom. The summed E-state index contributed by atoms with van der Waals surface area (Å²) in [4.78, 5) is 2.30. The molecule has 0 atom stereocenters. The van der Waals surface area contributed by atoms with E-state index in [2.05, 4.69) is 18.7 Å². The summed E-state index contributed by atoms with van der Waals surface area (Å²) >= 11 is 0. The standard InChI is InChI=1S/C9H18NO/c1-3-10(4-2)9-7-5-6-8-11-9/h3-8H2,1-2H3. The molecule has 0 spiro atoms. The van der Waals surface area contributed by atoms with Gasteiger partial charge in [-0.15, -0.1) is 0 Å². The second-order valence-corrected chi connectivity index (χ2v) is 2.87. The molecule has 1 saturated heterocycles. The van der Waals surface area contributed by atoms with Crippen molar-refractivity contribution in [2.45, 2.75) is 33.1 Å². The Hall–Kier alpha value is -0.0800. The van der Waals surface area contributed by atoms with E-state index in [0.717, 1.165) is 26.1 Å². The van der Waals surface area contributed by atoms with Crippen molar-refractivity contribution in [2.24, 2.45) is 0 Å². The topological polar surface area (TPSA) is 12.5 Å². The highest BCUT2D eigenvalue weighted by molar-refractivity contribution is 4.80. The van der Waals surface area contributed by atoms with Gasteiger partial charge >= 0.3 is 0 Å². The van der Waals surface area contributed by atoms with Crippen LogP contribution in [-0.4, -0.2) is 24.6 Å². The van der Waals surface area contributed by atoms with E-state index in [-0.39, 0.29) is 0 Å². The van der Waals surface area contributed by atoms with Crippen molar-refractivity contribution < 1.29 is 4.74 Å². The molecule has 0 aliphatic carbocycles. The summed E-state index contributed by atoms with van der Waals surface area (Å²) in [7, 11) is 0. The molecule has 11 heavy (non-hydrogen) atoms. The molecule has 1 aliphatic rings. The summed E-state index contributed by atoms with van der Waals surface area (Å²) in [5.74, 6) is 0. The van der Waals surface area contributed by atoms with Crippen molar-refractivity contribution in [1.82, 2.24) is 4.90 Å². The number of hydrogen-bond donors (Lipinski definition) is 0. The summed E-state index contributed by atoms with van der Waals surface area (Å²) in [6, 6.07) is 0. The van der Waals surface area contributed by atoms with Gasteiger partial charge in [0.15, 0.2) is 6.23 Å². The maximum atomic E-state index is 5.56. The van der Waals surface area contributed by atoms with Gasteiger partial charge in [-0.3, -0.25) is 4.90 Å². The van der Waals surface area contributed by atoms with Gasteiger partial charge in [-0.1, -0.05) is 13.8 Å². The maximum absolute atomic E-state index is 5.56. The molecule has 2 nitrogen and oxygen atoms in total. The van der Waals surface area contributed by atoms with E-state index >= 15 is 0 Å². The zero-order chi connectivity index (χ0) is 8.10. The molecule has 0 aromatic rings. The molecular formula is C9H18NO. The number of nitrogens with zero attached hydrogens (tertiary/aromatic N) is 1. The van der Waals surface area contributed by atoms with Gasteiger partial charge in [0.1, 0.15) is 0 Å². The lowest BCUT2D eigenvalue weighted by molar-refractivity contribution is 0.00838. The molecule has 0 saturated carbocycles. The first-order chi connectivity index (χ1) is 5.38. The number of ether oxygens (including phenoxy) is 1. The Balaban J connectivity index is 2.30. The smallest absolute Gasteiger partial charge is 0.164 e. The predicted molar refractivity (Wildman–Crippen MR) is 46.0 cm³/mol. The van der Waals surface area contributed by atoms with Crippen LogP contribution < -0.4 is 0 Å². The molecule has 65 valence electrons. The molecule has 0 aromatic heterocycles. The first-order valence-corrected chi connectivity index (χ1v) is 4.62. The SMILES string of the molecule is CCN(CC)[C]1CCCCO1. The van der Waals surface area contributed by atoms with E-state index in [0.29, 0.717) is 0 Å². The van der Waals surface area contributed by atoms with Crippen LogP contribution in [0.5, 0.6) is 0 Å². The van der Waals surface area contributed by atoms with Crippen molar-refractivity contribution in [1.29, 1.82) is 0 Å². The van der Waals surface area contributed by atoms with Crippen LogP contribution in [0, 0.1) is 6.23 Å². The van der Waals surface area contributed by atoms with Gasteiger partial charge in [0.05, 0.1) is 0 Å². The molecule has 1 radical (unpaired) electrons. The molecule has 0 N–H and O–H groups in total. The Morgan fingerprint density at radius 3 is 2.45 bits per heavy atom. The van der Waals surface area contributed by atoms with Crippen molar-refractivity contribution >= 4 is 0 Å². The molecule has 0 unspecified atom stereocenters. The van der Waals surface area contributed by atoms with Crippen LogP contribution in [0.4, 0.5) is 0 Å². The van der Waals surface area contributed by atoms with E-state index in [4.69, 9.17) is 4.74 Å². The van der Waals surface area contributed by atoms with Crippen LogP contribution in [0.1, 0.15) is 33.1 Å². The van der Waals surface area contributed by atoms with E-state index in [1.54, 1.807) is 0 Å². The molecular weight excluding hydrogens is 138 g/mol. The van der Waals surface area contributed by atoms with Gasteiger partial charge < -0.3 is 4.74 Å². The number of rotatable bonds is 3. The van der Waals surface area contributed by atoms with Gasteiger partial charge in [-0.05, 0) is 32.4 Å². The first-order valence-electron chi connectivity index (χ1n) is 4.62. The molecule has 0 bridgehead atoms. The van der Waals surface area contributed by atoms with E-state index in [9.17, 15) is 0 Å². The minimum atomic E-state index is 0.922. The highest BCUT2D eigenvalue weighted by atomic mass is 16.5. The van der Waals surface area contributed by atoms with E-state index in [1.165, 1.54) is 19.1 Å². The molecule has 1 aliphatic heterocycles. The highest BCUT2D eigenvalue weighted by Gasteiger charge is 2.20. The van der Waals surface area contributed by atoms with Gasteiger partial charge in [-0.25, -0.2) is 0 Å². The third kappa shape index (κ3) is 2.46. The summed E-state index contributed by atoms with van der Waals surface area (Å²) in [6.07, 6.45) is 4.87. The molecule has 0 aromatic carbocycles. The van der Waals surface area contributed by atoms with Gasteiger partial charge in [-0.2, -0.15) is 0 Å². The summed E-state index contributed by atoms with van der Waals surface area (Å²) in [6.45, 7) is 7.42. The first kappa shape index (κ1) is 9.01. The fourth-order valence-electron chi connectivity index (χ4n) is 1.47. The van der Waals surface area contributed by atoms with Crippen LogP contribution in [0.2, 0.25) is 0 Å². The maximum Gasteiger partial charge on any atom is 0.164 e. The quantitative estimate of drug-likeness (QED) is 0.620. The molecule has 1 fully saturated rings. The van der Waals surface area contributed by atoms with Crippen LogP contribution in [0.15, 0.2) is 0 Å². The molecule has 0 amide bonds. The highest BCUT2D eigenvalue weighted by Crippen LogP contribution is 2.22. The minimum Gasteiger partial charge on any atom is -0.356 e. The van der Waals surface area contributed by atoms with Gasteiger partial charge in [0, 0.05) is 6.61 Å². The Morgan fingerprint density at radius 1 is 1.27 bits per heavy atom. The monoisotopic (exact) mass is 156 g/mol.